The quantitative estimate of drug-likeness (QED) is 0.679. The molecule has 2 amide bonds. The highest BCUT2D eigenvalue weighted by atomic mass is 16.2. The van der Waals surface area contributed by atoms with Gasteiger partial charge in [-0.05, 0) is 30.8 Å². The van der Waals surface area contributed by atoms with Crippen LogP contribution in [0.4, 0.5) is 0 Å². The molecule has 0 bridgehead atoms. The van der Waals surface area contributed by atoms with E-state index in [1.165, 1.54) is 0 Å². The summed E-state index contributed by atoms with van der Waals surface area (Å²) in [4.78, 5) is 27.2. The molecule has 0 unspecified atom stereocenters. The average Bonchev–Trinajstić information content (AvgIpc) is 2.72. The Bertz CT molecular complexity index is 700. The van der Waals surface area contributed by atoms with Crippen molar-refractivity contribution in [2.45, 2.75) is 26.3 Å². The van der Waals surface area contributed by atoms with Crippen LogP contribution in [0.5, 0.6) is 0 Å². The molecule has 0 aromatic heterocycles. The highest BCUT2D eigenvalue weighted by molar-refractivity contribution is 5.94. The van der Waals surface area contributed by atoms with Crippen molar-refractivity contribution in [2.24, 2.45) is 0 Å². The van der Waals surface area contributed by atoms with Crippen LogP contribution in [-0.4, -0.2) is 42.9 Å². The Morgan fingerprint density at radius 1 is 0.926 bits per heavy atom. The third-order valence-electron chi connectivity index (χ3n) is 4.58. The van der Waals surface area contributed by atoms with Gasteiger partial charge >= 0.3 is 0 Å². The van der Waals surface area contributed by atoms with Crippen molar-refractivity contribution >= 4 is 11.8 Å². The van der Waals surface area contributed by atoms with Crippen LogP contribution in [0.15, 0.2) is 60.7 Å². The summed E-state index contributed by atoms with van der Waals surface area (Å²) in [7, 11) is 0. The lowest BCUT2D eigenvalue weighted by molar-refractivity contribution is -0.121. The number of hydrogen-bond acceptors (Lipinski definition) is 3. The van der Waals surface area contributed by atoms with Crippen LogP contribution < -0.4 is 10.6 Å². The molecule has 5 nitrogen and oxygen atoms in total. The highest BCUT2D eigenvalue weighted by Gasteiger charge is 2.19. The zero-order valence-electron chi connectivity index (χ0n) is 16.2. The fourth-order valence-electron chi connectivity index (χ4n) is 2.92. The SMILES string of the molecule is CCN(CC)CCNC(=O)C[C@@H](NC(=O)c1ccccc1)c1ccccc1. The largest absolute Gasteiger partial charge is 0.355 e. The molecule has 27 heavy (non-hydrogen) atoms. The van der Waals surface area contributed by atoms with Crippen molar-refractivity contribution in [3.8, 4) is 0 Å². The van der Waals surface area contributed by atoms with E-state index in [1.807, 2.05) is 48.5 Å². The molecule has 2 aromatic carbocycles. The maximum absolute atomic E-state index is 12.5. The summed E-state index contributed by atoms with van der Waals surface area (Å²) < 4.78 is 0. The molecule has 1 atom stereocenters. The topological polar surface area (TPSA) is 61.4 Å². The second-order valence-electron chi connectivity index (χ2n) is 6.38. The van der Waals surface area contributed by atoms with E-state index in [-0.39, 0.29) is 24.3 Å². The minimum Gasteiger partial charge on any atom is -0.355 e. The van der Waals surface area contributed by atoms with Crippen molar-refractivity contribution < 1.29 is 9.59 Å². The monoisotopic (exact) mass is 367 g/mol. The number of carbonyl (C=O) groups excluding carboxylic acids is 2. The van der Waals surface area contributed by atoms with Gasteiger partial charge in [0.1, 0.15) is 0 Å². The van der Waals surface area contributed by atoms with Crippen LogP contribution in [-0.2, 0) is 4.79 Å². The predicted molar refractivity (Wildman–Crippen MR) is 109 cm³/mol. The minimum absolute atomic E-state index is 0.0654. The van der Waals surface area contributed by atoms with E-state index in [2.05, 4.69) is 29.4 Å². The van der Waals surface area contributed by atoms with Gasteiger partial charge in [-0.3, -0.25) is 9.59 Å². The molecule has 2 N–H and O–H groups in total. The van der Waals surface area contributed by atoms with Crippen LogP contribution in [0, 0.1) is 0 Å². The van der Waals surface area contributed by atoms with Crippen molar-refractivity contribution in [3.05, 3.63) is 71.8 Å². The van der Waals surface area contributed by atoms with Crippen molar-refractivity contribution in [3.63, 3.8) is 0 Å². The van der Waals surface area contributed by atoms with Gasteiger partial charge in [0.2, 0.25) is 5.91 Å². The Morgan fingerprint density at radius 3 is 2.11 bits per heavy atom. The van der Waals surface area contributed by atoms with Gasteiger partial charge in [-0.15, -0.1) is 0 Å². The molecule has 0 aliphatic carbocycles. The molecule has 0 aliphatic heterocycles. The molecule has 0 saturated heterocycles. The zero-order valence-corrected chi connectivity index (χ0v) is 16.2. The molecular weight excluding hydrogens is 338 g/mol. The third-order valence-corrected chi connectivity index (χ3v) is 4.58. The van der Waals surface area contributed by atoms with Gasteiger partial charge in [-0.2, -0.15) is 0 Å². The summed E-state index contributed by atoms with van der Waals surface area (Å²) in [5.74, 6) is -0.246. The lowest BCUT2D eigenvalue weighted by Gasteiger charge is -2.21. The molecule has 5 heteroatoms. The summed E-state index contributed by atoms with van der Waals surface area (Å²) in [5, 5.41) is 5.95. The second-order valence-corrected chi connectivity index (χ2v) is 6.38. The molecule has 2 rings (SSSR count). The molecule has 2 aromatic rings. The summed E-state index contributed by atoms with van der Waals surface area (Å²) in [5.41, 5.74) is 1.50. The average molecular weight is 367 g/mol. The van der Waals surface area contributed by atoms with Gasteiger partial charge < -0.3 is 15.5 Å². The van der Waals surface area contributed by atoms with Gasteiger partial charge in [0.25, 0.3) is 5.91 Å². The van der Waals surface area contributed by atoms with E-state index >= 15 is 0 Å². The molecule has 0 radical (unpaired) electrons. The zero-order chi connectivity index (χ0) is 19.5. The van der Waals surface area contributed by atoms with Gasteiger partial charge in [0, 0.05) is 18.7 Å². The van der Waals surface area contributed by atoms with Gasteiger partial charge in [0.05, 0.1) is 12.5 Å². The molecule has 0 fully saturated rings. The fourth-order valence-corrected chi connectivity index (χ4v) is 2.92. The van der Waals surface area contributed by atoms with Crippen LogP contribution in [0.25, 0.3) is 0 Å². The van der Waals surface area contributed by atoms with E-state index in [0.29, 0.717) is 12.1 Å². The fraction of sp³-hybridized carbons (Fsp3) is 0.364. The molecule has 0 aliphatic rings. The minimum atomic E-state index is -0.368. The van der Waals surface area contributed by atoms with Gasteiger partial charge in [0.15, 0.2) is 0 Å². The standard InChI is InChI=1S/C22H29N3O2/c1-3-25(4-2)16-15-23-21(26)17-20(18-11-7-5-8-12-18)24-22(27)19-13-9-6-10-14-19/h5-14,20H,3-4,15-17H2,1-2H3,(H,23,26)(H,24,27)/t20-/m1/s1. The number of nitrogens with one attached hydrogen (secondary N) is 2. The summed E-state index contributed by atoms with van der Waals surface area (Å²) in [6.07, 6.45) is 0.209. The number of hydrogen-bond donors (Lipinski definition) is 2. The summed E-state index contributed by atoms with van der Waals surface area (Å²) >= 11 is 0. The van der Waals surface area contributed by atoms with Gasteiger partial charge in [-0.1, -0.05) is 62.4 Å². The number of nitrogens with zero attached hydrogens (tertiary/aromatic N) is 1. The maximum atomic E-state index is 12.5. The van der Waals surface area contributed by atoms with Crippen LogP contribution in [0.3, 0.4) is 0 Å². The van der Waals surface area contributed by atoms with E-state index < -0.39 is 0 Å². The first kappa shape index (κ1) is 20.6. The normalized spacial score (nSPS) is 11.8. The van der Waals surface area contributed by atoms with Crippen LogP contribution in [0.1, 0.15) is 42.2 Å². The number of benzene rings is 2. The molecule has 144 valence electrons. The summed E-state index contributed by atoms with van der Waals surface area (Å²) in [6.45, 7) is 7.57. The van der Waals surface area contributed by atoms with E-state index in [4.69, 9.17) is 0 Å². The molecule has 0 saturated carbocycles. The van der Waals surface area contributed by atoms with E-state index in [0.717, 1.165) is 25.2 Å². The first-order valence-corrected chi connectivity index (χ1v) is 9.54. The smallest absolute Gasteiger partial charge is 0.251 e. The number of amides is 2. The van der Waals surface area contributed by atoms with Crippen LogP contribution >= 0.6 is 0 Å². The van der Waals surface area contributed by atoms with Crippen molar-refractivity contribution in [1.29, 1.82) is 0 Å². The lowest BCUT2D eigenvalue weighted by atomic mass is 10.0. The number of carbonyl (C=O) groups is 2. The Kier molecular flexibility index (Phi) is 8.52. The lowest BCUT2D eigenvalue weighted by Crippen LogP contribution is -2.37. The number of likely N-dealkylation sites (N-methyl/N-ethyl adjacent to an activating group) is 1. The molecular formula is C22H29N3O2. The first-order chi connectivity index (χ1) is 13.1. The Morgan fingerprint density at radius 2 is 1.52 bits per heavy atom. The number of rotatable bonds is 10. The predicted octanol–water partition coefficient (Wildman–Crippen LogP) is 3.01. The molecule has 0 spiro atoms. The highest BCUT2D eigenvalue weighted by Crippen LogP contribution is 2.17. The molecule has 0 heterocycles. The Hall–Kier alpha value is -2.66. The summed E-state index contributed by atoms with van der Waals surface area (Å²) in [6, 6.07) is 18.3. The third kappa shape index (κ3) is 6.87. The second kappa shape index (κ2) is 11.1. The Balaban J connectivity index is 1.98. The Labute approximate surface area is 161 Å². The van der Waals surface area contributed by atoms with E-state index in [9.17, 15) is 9.59 Å². The van der Waals surface area contributed by atoms with Gasteiger partial charge in [-0.25, -0.2) is 0 Å². The van der Waals surface area contributed by atoms with Crippen molar-refractivity contribution in [2.75, 3.05) is 26.2 Å². The van der Waals surface area contributed by atoms with Crippen molar-refractivity contribution in [1.82, 2.24) is 15.5 Å². The van der Waals surface area contributed by atoms with E-state index in [1.54, 1.807) is 12.1 Å². The first-order valence-electron chi connectivity index (χ1n) is 9.54. The van der Waals surface area contributed by atoms with Crippen LogP contribution in [0.2, 0.25) is 0 Å². The maximum Gasteiger partial charge on any atom is 0.251 e.